The smallest absolute Gasteiger partial charge is 0.270 e. The molecule has 542 valence electrons. The highest BCUT2D eigenvalue weighted by Gasteiger charge is 2.54. The monoisotopic (exact) mass is 1390 g/mol. The molecule has 8 N–H and O–H groups in total. The van der Waals surface area contributed by atoms with Gasteiger partial charge in [-0.2, -0.15) is 0 Å². The van der Waals surface area contributed by atoms with Crippen molar-refractivity contribution in [3.05, 3.63) is 136 Å². The van der Waals surface area contributed by atoms with Gasteiger partial charge in [0.25, 0.3) is 11.8 Å². The van der Waals surface area contributed by atoms with E-state index in [1.54, 1.807) is 60.6 Å². The van der Waals surface area contributed by atoms with Crippen LogP contribution in [-0.2, 0) is 41.3 Å². The van der Waals surface area contributed by atoms with E-state index in [1.807, 2.05) is 56.9 Å². The van der Waals surface area contributed by atoms with Gasteiger partial charge < -0.3 is 51.9 Å². The number of benzene rings is 2. The van der Waals surface area contributed by atoms with Crippen LogP contribution in [0, 0.1) is 24.7 Å². The van der Waals surface area contributed by atoms with E-state index in [-0.39, 0.29) is 100 Å². The van der Waals surface area contributed by atoms with E-state index in [0.717, 1.165) is 55.3 Å². The summed E-state index contributed by atoms with van der Waals surface area (Å²) in [6.45, 7) is 49.0. The lowest BCUT2D eigenvalue weighted by molar-refractivity contribution is -0.145. The van der Waals surface area contributed by atoms with Gasteiger partial charge in [0, 0.05) is 65.9 Å². The molecule has 5 aromatic rings. The molecule has 8 atom stereocenters. The molecule has 4 aliphatic rings. The fraction of sp³-hybridized carbons (Fsp3) is 0.566. The van der Waals surface area contributed by atoms with Crippen LogP contribution in [0.2, 0.25) is 0 Å². The second-order valence-electron chi connectivity index (χ2n) is 31.4. The number of aromatic nitrogens is 3. The summed E-state index contributed by atoms with van der Waals surface area (Å²) in [7, 11) is 0. The number of carbonyl (C=O) groups excluding carboxylic acids is 6. The van der Waals surface area contributed by atoms with Crippen molar-refractivity contribution in [2.45, 2.75) is 254 Å². The number of carbonyl (C=O) groups is 6. The number of pyridine rings is 1. The predicted molar refractivity (Wildman–Crippen MR) is 397 cm³/mol. The van der Waals surface area contributed by atoms with Crippen molar-refractivity contribution in [2.24, 2.45) is 10.8 Å². The van der Waals surface area contributed by atoms with Crippen LogP contribution in [0.1, 0.15) is 218 Å². The molecule has 19 nitrogen and oxygen atoms in total. The molecule has 22 heteroatoms. The van der Waals surface area contributed by atoms with Gasteiger partial charge in [-0.1, -0.05) is 153 Å². The van der Waals surface area contributed by atoms with E-state index in [1.165, 1.54) is 9.78 Å². The Bertz CT molecular complexity index is 3640. The normalized spacial score (nSPS) is 20.1. The second-order valence-corrected chi connectivity index (χ2v) is 33.2. The maximum Gasteiger partial charge on any atom is 0.270 e. The number of aryl methyl sites for hydroxylation is 2. The molecule has 0 spiro atoms. The molecule has 98 heavy (non-hydrogen) atoms. The Balaban J connectivity index is 0.000000399. The number of halogens is 1. The van der Waals surface area contributed by atoms with Gasteiger partial charge in [0.15, 0.2) is 5.67 Å². The van der Waals surface area contributed by atoms with Crippen LogP contribution >= 0.6 is 22.7 Å². The zero-order valence-electron chi connectivity index (χ0n) is 61.6. The standard InChI is InChI=1S/C30H41FN4O4S.C28H42N4O2S.C16H21N3O2.C2H6.3H2/c1-17-23(40-16-33-17)18-8-9-19(21(12-18)28(2,3)4)14-32-25(37)22-13-20(36)15-35(22)26(38)24(29(5,6)7)34-27(39)30(31)10-11-30;1-17(20-10-12-21(13-11-20)24-19(3)29-16-35-24)30-18(2)23-14-22(33)15-32(23)26(34)25(27(4,5)6)31-28(7,8)9;1-10-5-7-13(15(21)18-10)19-14(20)12-8-6-11(9-17-12)16(2,3)4;1-2;;;/h8-9,12,16,20,22,24,36H,10-11,13-15H2,1-7H3,(H,32,37)(H,34,39);10-13,16-17,22-23,25,30-31,33H,2,14-15H2,1,3-9H3;6,8-9,13H,1,5,7H2,2-4H3,(H,18,21)(H,19,20);1-2H3;3*1H/t20-,22+,24-;17-,22+,23-,25+;;;;;/m10...../s1. The van der Waals surface area contributed by atoms with Crippen molar-refractivity contribution in [3.63, 3.8) is 0 Å². The number of β-amino-alcohol motifs (C(OH)–C–C–N with tert-alkyl or cyclic N) is 2. The fourth-order valence-corrected chi connectivity index (χ4v) is 13.5. The number of hydrogen-bond donors (Lipinski definition) is 8. The molecule has 1 aliphatic carbocycles. The van der Waals surface area contributed by atoms with Crippen molar-refractivity contribution in [1.82, 2.24) is 56.7 Å². The summed E-state index contributed by atoms with van der Waals surface area (Å²) >= 11 is 3.24. The number of rotatable bonds is 16. The van der Waals surface area contributed by atoms with Gasteiger partial charge in [-0.05, 0) is 134 Å². The number of piperidine rings is 1. The third-order valence-corrected chi connectivity index (χ3v) is 19.7. The minimum Gasteiger partial charge on any atom is -0.391 e. The SMILES string of the molecule is C=C(N[C@@H](C)c1ccc(-c2scnc2C)cc1)[C@@H]1C[C@@H](O)CN1C(=O)[C@@H](NC(C)(C)C)C(C)(C)C.C=C1CCC(NC(=O)c2ccc(C(C)(C)C)cn2)C(=O)N1.CC.Cc1ncsc1-c1ccc(CNC(=O)[C@@H]2C[C@@H](O)CN2C(=O)[C@@H](NC(=O)C2(F)CC2)C(C)(C)C)c(C(C)(C)C)c1.[HH].[HH].[HH]. The number of allylic oxidation sites excluding steroid dienone is 1. The number of hydrogen-bond acceptors (Lipinski definition) is 15. The Kier molecular flexibility index (Phi) is 26.4. The molecule has 1 unspecified atom stereocenters. The van der Waals surface area contributed by atoms with E-state index < -0.39 is 53.2 Å². The molecular weight excluding hydrogens is 1280 g/mol. The number of aliphatic hydroxyl groups is 2. The molecule has 6 heterocycles. The summed E-state index contributed by atoms with van der Waals surface area (Å²) < 4.78 is 14.4. The van der Waals surface area contributed by atoms with Crippen LogP contribution in [0.4, 0.5) is 4.39 Å². The third kappa shape index (κ3) is 21.2. The first-order valence-corrected chi connectivity index (χ1v) is 36.0. The van der Waals surface area contributed by atoms with E-state index in [0.29, 0.717) is 37.2 Å². The molecule has 2 aromatic carbocycles. The van der Waals surface area contributed by atoms with E-state index >= 15 is 0 Å². The number of alkyl halides is 1. The van der Waals surface area contributed by atoms with Crippen LogP contribution in [0.3, 0.4) is 0 Å². The third-order valence-electron chi connectivity index (χ3n) is 17.7. The second kappa shape index (κ2) is 32.4. The summed E-state index contributed by atoms with van der Waals surface area (Å²) in [5, 5.41) is 38.9. The first-order chi connectivity index (χ1) is 45.4. The number of nitrogens with zero attached hydrogens (tertiary/aromatic N) is 5. The van der Waals surface area contributed by atoms with Crippen LogP contribution in [0.5, 0.6) is 0 Å². The minimum atomic E-state index is -1.93. The van der Waals surface area contributed by atoms with Gasteiger partial charge in [-0.3, -0.25) is 33.8 Å². The number of thiazole rings is 2. The van der Waals surface area contributed by atoms with Crippen molar-refractivity contribution in [2.75, 3.05) is 13.1 Å². The highest BCUT2D eigenvalue weighted by Crippen LogP contribution is 2.41. The molecule has 0 bridgehead atoms. The van der Waals surface area contributed by atoms with Gasteiger partial charge in [-0.25, -0.2) is 14.4 Å². The summed E-state index contributed by atoms with van der Waals surface area (Å²) in [6.07, 6.45) is 2.36. The summed E-state index contributed by atoms with van der Waals surface area (Å²) in [5.74, 6) is -2.21. The maximum absolute atomic E-state index is 14.4. The summed E-state index contributed by atoms with van der Waals surface area (Å²) in [5.41, 5.74) is 10.6. The van der Waals surface area contributed by atoms with Crippen molar-refractivity contribution < 1.29 is 47.7 Å². The minimum absolute atomic E-state index is 0. The van der Waals surface area contributed by atoms with Crippen molar-refractivity contribution in [1.29, 1.82) is 0 Å². The topological polar surface area (TPSA) is 260 Å². The largest absolute Gasteiger partial charge is 0.391 e. The lowest BCUT2D eigenvalue weighted by Crippen LogP contribution is -2.59. The first-order valence-electron chi connectivity index (χ1n) is 34.2. The van der Waals surface area contributed by atoms with Crippen molar-refractivity contribution in [3.8, 4) is 20.9 Å². The number of aliphatic hydroxyl groups excluding tert-OH is 2. The molecule has 9 rings (SSSR count). The Morgan fingerprint density at radius 3 is 1.74 bits per heavy atom. The van der Waals surface area contributed by atoms with Crippen LogP contribution < -0.4 is 31.9 Å². The molecule has 3 saturated heterocycles. The lowest BCUT2D eigenvalue weighted by atomic mass is 9.82. The van der Waals surface area contributed by atoms with Gasteiger partial charge in [-0.15, -0.1) is 22.7 Å². The molecular formula is C76H116FN11O8S2. The molecule has 4 fully saturated rings. The van der Waals surface area contributed by atoms with Gasteiger partial charge in [0.05, 0.1) is 56.5 Å². The first kappa shape index (κ1) is 79.7. The van der Waals surface area contributed by atoms with E-state index in [9.17, 15) is 43.4 Å². The van der Waals surface area contributed by atoms with Crippen LogP contribution in [0.25, 0.3) is 20.9 Å². The molecule has 6 amide bonds. The van der Waals surface area contributed by atoms with Crippen LogP contribution in [0.15, 0.2) is 96.4 Å². The highest BCUT2D eigenvalue weighted by atomic mass is 32.1. The average molecular weight is 1390 g/mol. The van der Waals surface area contributed by atoms with E-state index in [2.05, 4.69) is 180 Å². The van der Waals surface area contributed by atoms with Crippen molar-refractivity contribution >= 4 is 58.1 Å². The predicted octanol–water partition coefficient (Wildman–Crippen LogP) is 12.7. The maximum atomic E-state index is 14.4. The zero-order chi connectivity index (χ0) is 73.4. The molecule has 3 aromatic heterocycles. The van der Waals surface area contributed by atoms with E-state index in [4.69, 9.17) is 0 Å². The highest BCUT2D eigenvalue weighted by molar-refractivity contribution is 7.13. The molecule has 3 aliphatic heterocycles. The zero-order valence-corrected chi connectivity index (χ0v) is 63.2. The Morgan fingerprint density at radius 2 is 1.27 bits per heavy atom. The summed E-state index contributed by atoms with van der Waals surface area (Å²) in [6, 6.07) is 15.2. The lowest BCUT2D eigenvalue weighted by Gasteiger charge is -2.40. The quantitative estimate of drug-likeness (QED) is 0.0458. The Morgan fingerprint density at radius 1 is 0.735 bits per heavy atom. The van der Waals surface area contributed by atoms with Gasteiger partial charge in [0.1, 0.15) is 23.8 Å². The average Bonchev–Trinajstić information content (AvgIpc) is 1.72. The Hall–Kier alpha value is -7.24. The van der Waals surface area contributed by atoms with Crippen LogP contribution in [-0.4, -0.2) is 137 Å². The summed E-state index contributed by atoms with van der Waals surface area (Å²) in [4.78, 5) is 95.5. The van der Waals surface area contributed by atoms with Gasteiger partial charge >= 0.3 is 0 Å². The fourth-order valence-electron chi connectivity index (χ4n) is 11.9. The number of nitrogens with one attached hydrogen (secondary N) is 6. The number of amides is 6. The van der Waals surface area contributed by atoms with Gasteiger partial charge in [0.2, 0.25) is 23.6 Å². The molecule has 0 radical (unpaired) electrons. The number of likely N-dealkylation sites (tertiary alicyclic amines) is 2. The molecule has 1 saturated carbocycles. The Labute approximate surface area is 594 Å².